The summed E-state index contributed by atoms with van der Waals surface area (Å²) in [7, 11) is 0. The Morgan fingerprint density at radius 1 is 1.13 bits per heavy atom. The first-order valence-corrected chi connectivity index (χ1v) is 6.44. The minimum atomic E-state index is 0.266. The minimum Gasteiger partial charge on any atom is -0.378 e. The molecule has 0 aromatic heterocycles. The fraction of sp³-hybridized carbons (Fsp3) is 1.00. The highest BCUT2D eigenvalue weighted by molar-refractivity contribution is 4.70. The van der Waals surface area contributed by atoms with Crippen LogP contribution >= 0.6 is 0 Å². The Bertz CT molecular complexity index is 158. The first-order chi connectivity index (χ1) is 7.08. The van der Waals surface area contributed by atoms with Gasteiger partial charge in [0.05, 0.1) is 6.10 Å². The van der Waals surface area contributed by atoms with E-state index in [1.54, 1.807) is 0 Å². The van der Waals surface area contributed by atoms with Gasteiger partial charge in [0.15, 0.2) is 0 Å². The summed E-state index contributed by atoms with van der Waals surface area (Å²) >= 11 is 0. The fourth-order valence-corrected chi connectivity index (χ4v) is 1.65. The molecule has 0 amide bonds. The van der Waals surface area contributed by atoms with Gasteiger partial charge in [-0.15, -0.1) is 0 Å². The molecule has 0 aromatic rings. The van der Waals surface area contributed by atoms with Crippen LogP contribution in [0.25, 0.3) is 0 Å². The molecule has 1 aliphatic rings. The van der Waals surface area contributed by atoms with Gasteiger partial charge in [0.25, 0.3) is 0 Å². The van der Waals surface area contributed by atoms with Gasteiger partial charge in [-0.05, 0) is 65.8 Å². The SMILES string of the molecule is CC(C)(C)NCCCCCOC1CCC1. The van der Waals surface area contributed by atoms with Crippen LogP contribution in [-0.2, 0) is 4.74 Å². The van der Waals surface area contributed by atoms with Crippen LogP contribution in [0.1, 0.15) is 59.3 Å². The largest absolute Gasteiger partial charge is 0.378 e. The molecule has 1 rings (SSSR count). The van der Waals surface area contributed by atoms with Crippen LogP contribution in [0.2, 0.25) is 0 Å². The Morgan fingerprint density at radius 3 is 2.40 bits per heavy atom. The average molecular weight is 213 g/mol. The summed E-state index contributed by atoms with van der Waals surface area (Å²) < 4.78 is 5.71. The van der Waals surface area contributed by atoms with Crippen LogP contribution in [-0.4, -0.2) is 24.8 Å². The maximum absolute atomic E-state index is 5.71. The Morgan fingerprint density at radius 2 is 1.87 bits per heavy atom. The molecule has 0 heterocycles. The van der Waals surface area contributed by atoms with Gasteiger partial charge in [0.2, 0.25) is 0 Å². The summed E-state index contributed by atoms with van der Waals surface area (Å²) in [4.78, 5) is 0. The van der Waals surface area contributed by atoms with Gasteiger partial charge in [-0.3, -0.25) is 0 Å². The third-order valence-corrected chi connectivity index (χ3v) is 2.88. The van der Waals surface area contributed by atoms with Gasteiger partial charge in [-0.2, -0.15) is 0 Å². The predicted molar refractivity (Wildman–Crippen MR) is 65.2 cm³/mol. The molecule has 1 N–H and O–H groups in total. The number of nitrogens with one attached hydrogen (secondary N) is 1. The molecule has 0 atom stereocenters. The van der Waals surface area contributed by atoms with E-state index in [-0.39, 0.29) is 5.54 Å². The van der Waals surface area contributed by atoms with Crippen molar-refractivity contribution >= 4 is 0 Å². The van der Waals surface area contributed by atoms with Crippen LogP contribution < -0.4 is 5.32 Å². The zero-order valence-electron chi connectivity index (χ0n) is 10.6. The molecule has 0 spiro atoms. The number of hydrogen-bond donors (Lipinski definition) is 1. The van der Waals surface area contributed by atoms with Gasteiger partial charge < -0.3 is 10.1 Å². The van der Waals surface area contributed by atoms with E-state index in [0.717, 1.165) is 13.2 Å². The maximum Gasteiger partial charge on any atom is 0.0575 e. The molecule has 2 heteroatoms. The third-order valence-electron chi connectivity index (χ3n) is 2.88. The minimum absolute atomic E-state index is 0.266. The number of rotatable bonds is 7. The van der Waals surface area contributed by atoms with Gasteiger partial charge >= 0.3 is 0 Å². The third kappa shape index (κ3) is 6.91. The molecular formula is C13H27NO. The lowest BCUT2D eigenvalue weighted by molar-refractivity contribution is 0.000652. The summed E-state index contributed by atoms with van der Waals surface area (Å²) in [6.45, 7) is 8.75. The molecule has 1 fully saturated rings. The molecule has 0 aliphatic heterocycles. The van der Waals surface area contributed by atoms with E-state index in [1.807, 2.05) is 0 Å². The van der Waals surface area contributed by atoms with Crippen molar-refractivity contribution in [2.24, 2.45) is 0 Å². The number of ether oxygens (including phenoxy) is 1. The predicted octanol–water partition coefficient (Wildman–Crippen LogP) is 3.11. The topological polar surface area (TPSA) is 21.3 Å². The van der Waals surface area contributed by atoms with Crippen LogP contribution in [0, 0.1) is 0 Å². The molecule has 90 valence electrons. The molecule has 0 aromatic carbocycles. The average Bonchev–Trinajstić information content (AvgIpc) is 2.04. The van der Waals surface area contributed by atoms with Gasteiger partial charge in [-0.1, -0.05) is 0 Å². The van der Waals surface area contributed by atoms with Crippen LogP contribution in [0.5, 0.6) is 0 Å². The monoisotopic (exact) mass is 213 g/mol. The van der Waals surface area contributed by atoms with E-state index in [0.29, 0.717) is 6.10 Å². The fourth-order valence-electron chi connectivity index (χ4n) is 1.65. The standard InChI is InChI=1S/C13H27NO/c1-13(2,3)14-10-5-4-6-11-15-12-8-7-9-12/h12,14H,4-11H2,1-3H3. The van der Waals surface area contributed by atoms with Crippen molar-refractivity contribution < 1.29 is 4.74 Å². The molecular weight excluding hydrogens is 186 g/mol. The van der Waals surface area contributed by atoms with Crippen LogP contribution in [0.3, 0.4) is 0 Å². The van der Waals surface area contributed by atoms with E-state index in [4.69, 9.17) is 4.74 Å². The van der Waals surface area contributed by atoms with Gasteiger partial charge in [-0.25, -0.2) is 0 Å². The Kier molecular flexibility index (Phi) is 5.62. The van der Waals surface area contributed by atoms with E-state index in [1.165, 1.54) is 38.5 Å². The zero-order valence-corrected chi connectivity index (χ0v) is 10.6. The highest BCUT2D eigenvalue weighted by atomic mass is 16.5. The molecule has 1 saturated carbocycles. The summed E-state index contributed by atoms with van der Waals surface area (Å²) in [5.41, 5.74) is 0.266. The number of hydrogen-bond acceptors (Lipinski definition) is 2. The molecule has 0 radical (unpaired) electrons. The number of unbranched alkanes of at least 4 members (excludes halogenated alkanes) is 2. The van der Waals surface area contributed by atoms with Crippen molar-refractivity contribution in [3.63, 3.8) is 0 Å². The van der Waals surface area contributed by atoms with E-state index >= 15 is 0 Å². The maximum atomic E-state index is 5.71. The Labute approximate surface area is 94.8 Å². The second-order valence-electron chi connectivity index (χ2n) is 5.66. The van der Waals surface area contributed by atoms with Crippen molar-refractivity contribution in [1.29, 1.82) is 0 Å². The summed E-state index contributed by atoms with van der Waals surface area (Å²) in [5, 5.41) is 3.50. The second-order valence-corrected chi connectivity index (χ2v) is 5.66. The highest BCUT2D eigenvalue weighted by Gasteiger charge is 2.16. The smallest absolute Gasteiger partial charge is 0.0575 e. The highest BCUT2D eigenvalue weighted by Crippen LogP contribution is 2.21. The summed E-state index contributed by atoms with van der Waals surface area (Å²) in [5.74, 6) is 0. The van der Waals surface area contributed by atoms with Crippen molar-refractivity contribution in [1.82, 2.24) is 5.32 Å². The molecule has 0 saturated heterocycles. The molecule has 1 aliphatic carbocycles. The molecule has 2 nitrogen and oxygen atoms in total. The van der Waals surface area contributed by atoms with Crippen molar-refractivity contribution in [3.05, 3.63) is 0 Å². The quantitative estimate of drug-likeness (QED) is 0.656. The molecule has 0 bridgehead atoms. The van der Waals surface area contributed by atoms with Crippen LogP contribution in [0.4, 0.5) is 0 Å². The van der Waals surface area contributed by atoms with E-state index < -0.39 is 0 Å². The van der Waals surface area contributed by atoms with Gasteiger partial charge in [0.1, 0.15) is 0 Å². The Balaban J connectivity index is 1.76. The molecule has 15 heavy (non-hydrogen) atoms. The molecule has 0 unspecified atom stereocenters. The van der Waals surface area contributed by atoms with Crippen LogP contribution in [0.15, 0.2) is 0 Å². The van der Waals surface area contributed by atoms with Gasteiger partial charge in [0, 0.05) is 12.1 Å². The first-order valence-electron chi connectivity index (χ1n) is 6.44. The second kappa shape index (κ2) is 6.49. The van der Waals surface area contributed by atoms with E-state index in [9.17, 15) is 0 Å². The Hall–Kier alpha value is -0.0800. The summed E-state index contributed by atoms with van der Waals surface area (Å²) in [6, 6.07) is 0. The summed E-state index contributed by atoms with van der Waals surface area (Å²) in [6.07, 6.45) is 8.36. The first kappa shape index (κ1) is 13.0. The van der Waals surface area contributed by atoms with Crippen molar-refractivity contribution in [2.45, 2.75) is 70.9 Å². The lowest BCUT2D eigenvalue weighted by atomic mass is 9.96. The lowest BCUT2D eigenvalue weighted by Crippen LogP contribution is -2.36. The van der Waals surface area contributed by atoms with E-state index in [2.05, 4.69) is 26.1 Å². The van der Waals surface area contributed by atoms with Crippen molar-refractivity contribution in [3.8, 4) is 0 Å². The van der Waals surface area contributed by atoms with Crippen molar-refractivity contribution in [2.75, 3.05) is 13.2 Å². The lowest BCUT2D eigenvalue weighted by Gasteiger charge is -2.25. The zero-order chi connectivity index (χ0) is 11.1. The normalized spacial score (nSPS) is 17.8.